The standard InChI is InChI=1S/C27H32N4O3/c32-25(12-11-21-7-2-1-3-8-21)30-17-13-23(14-18-30)26(33)28-20-22-9-6-10-24(19-22)29-27(34)31-15-4-5-16-31/h1-3,6-12,19,23H,4-5,13-18,20H2,(H,28,33)(H,29,34). The van der Waals surface area contributed by atoms with Crippen molar-refractivity contribution in [1.29, 1.82) is 0 Å². The SMILES string of the molecule is O=C(NCc1cccc(NC(=O)N2CCCC2)c1)C1CCN(C(=O)C=Cc2ccccc2)CC1. The Morgan fingerprint density at radius 3 is 2.35 bits per heavy atom. The first kappa shape index (κ1) is 23.5. The fraction of sp³-hybridized carbons (Fsp3) is 0.370. The number of carbonyl (C=O) groups is 3. The lowest BCUT2D eigenvalue weighted by molar-refractivity contribution is -0.132. The Kier molecular flexibility index (Phi) is 7.96. The second-order valence-corrected chi connectivity index (χ2v) is 8.89. The Morgan fingerprint density at radius 2 is 1.62 bits per heavy atom. The number of piperidine rings is 1. The number of hydrogen-bond acceptors (Lipinski definition) is 3. The zero-order chi connectivity index (χ0) is 23.8. The molecule has 0 bridgehead atoms. The average molecular weight is 461 g/mol. The summed E-state index contributed by atoms with van der Waals surface area (Å²) in [5.41, 5.74) is 2.66. The van der Waals surface area contributed by atoms with E-state index in [2.05, 4.69) is 10.6 Å². The lowest BCUT2D eigenvalue weighted by atomic mass is 9.95. The predicted molar refractivity (Wildman–Crippen MR) is 133 cm³/mol. The minimum atomic E-state index is -0.0970. The van der Waals surface area contributed by atoms with Gasteiger partial charge in [0.1, 0.15) is 0 Å². The van der Waals surface area contributed by atoms with Crippen LogP contribution in [-0.4, -0.2) is 53.8 Å². The summed E-state index contributed by atoms with van der Waals surface area (Å²) in [4.78, 5) is 41.1. The van der Waals surface area contributed by atoms with Crippen molar-refractivity contribution in [2.45, 2.75) is 32.2 Å². The number of anilines is 1. The molecule has 2 aliphatic heterocycles. The van der Waals surface area contributed by atoms with Gasteiger partial charge < -0.3 is 20.4 Å². The summed E-state index contributed by atoms with van der Waals surface area (Å²) in [6.45, 7) is 3.16. The fourth-order valence-corrected chi connectivity index (χ4v) is 4.41. The molecule has 2 aromatic carbocycles. The van der Waals surface area contributed by atoms with Crippen LogP contribution in [0.1, 0.15) is 36.8 Å². The van der Waals surface area contributed by atoms with Crippen molar-refractivity contribution >= 4 is 29.6 Å². The molecule has 2 aliphatic rings. The minimum absolute atomic E-state index is 0.0124. The van der Waals surface area contributed by atoms with Gasteiger partial charge in [0, 0.05) is 50.4 Å². The number of carbonyl (C=O) groups excluding carboxylic acids is 3. The molecule has 34 heavy (non-hydrogen) atoms. The highest BCUT2D eigenvalue weighted by molar-refractivity contribution is 5.92. The first-order chi connectivity index (χ1) is 16.6. The van der Waals surface area contributed by atoms with Gasteiger partial charge in [-0.3, -0.25) is 9.59 Å². The van der Waals surface area contributed by atoms with Crippen LogP contribution in [0.2, 0.25) is 0 Å². The van der Waals surface area contributed by atoms with Crippen LogP contribution in [0, 0.1) is 5.92 Å². The first-order valence-corrected chi connectivity index (χ1v) is 12.0. The molecule has 4 amide bonds. The lowest BCUT2D eigenvalue weighted by Gasteiger charge is -2.30. The maximum absolute atomic E-state index is 12.7. The Hall–Kier alpha value is -3.61. The van der Waals surface area contributed by atoms with Crippen LogP contribution in [0.3, 0.4) is 0 Å². The smallest absolute Gasteiger partial charge is 0.321 e. The topological polar surface area (TPSA) is 81.8 Å². The highest BCUT2D eigenvalue weighted by Crippen LogP contribution is 2.19. The highest BCUT2D eigenvalue weighted by atomic mass is 16.2. The van der Waals surface area contributed by atoms with Crippen molar-refractivity contribution in [3.05, 3.63) is 71.8 Å². The van der Waals surface area contributed by atoms with E-state index in [1.807, 2.05) is 65.6 Å². The van der Waals surface area contributed by atoms with E-state index in [-0.39, 0.29) is 23.8 Å². The molecule has 4 rings (SSSR count). The molecule has 178 valence electrons. The summed E-state index contributed by atoms with van der Waals surface area (Å²) in [6, 6.07) is 17.2. The number of nitrogens with zero attached hydrogens (tertiary/aromatic N) is 2. The molecule has 0 aliphatic carbocycles. The van der Waals surface area contributed by atoms with Gasteiger partial charge in [0.05, 0.1) is 0 Å². The van der Waals surface area contributed by atoms with Crippen LogP contribution in [0.5, 0.6) is 0 Å². The molecule has 0 saturated carbocycles. The molecule has 0 spiro atoms. The molecule has 7 nitrogen and oxygen atoms in total. The molecular formula is C27H32N4O3. The van der Waals surface area contributed by atoms with Crippen molar-refractivity contribution in [3.63, 3.8) is 0 Å². The zero-order valence-corrected chi connectivity index (χ0v) is 19.4. The number of rotatable bonds is 6. The molecule has 0 radical (unpaired) electrons. The molecular weight excluding hydrogens is 428 g/mol. The third-order valence-electron chi connectivity index (χ3n) is 6.43. The van der Waals surface area contributed by atoms with E-state index < -0.39 is 0 Å². The zero-order valence-electron chi connectivity index (χ0n) is 19.4. The first-order valence-electron chi connectivity index (χ1n) is 12.0. The van der Waals surface area contributed by atoms with Crippen molar-refractivity contribution in [2.24, 2.45) is 5.92 Å². The third kappa shape index (κ3) is 6.47. The van der Waals surface area contributed by atoms with Crippen LogP contribution < -0.4 is 10.6 Å². The number of urea groups is 1. The van der Waals surface area contributed by atoms with E-state index in [0.717, 1.165) is 42.7 Å². The van der Waals surface area contributed by atoms with Crippen LogP contribution >= 0.6 is 0 Å². The maximum atomic E-state index is 12.7. The quantitative estimate of drug-likeness (QED) is 0.642. The van der Waals surface area contributed by atoms with Gasteiger partial charge >= 0.3 is 6.03 Å². The van der Waals surface area contributed by atoms with E-state index in [0.29, 0.717) is 32.5 Å². The Labute approximate surface area is 200 Å². The van der Waals surface area contributed by atoms with Gasteiger partial charge in [-0.15, -0.1) is 0 Å². The van der Waals surface area contributed by atoms with Crippen molar-refractivity contribution in [3.8, 4) is 0 Å². The number of amides is 4. The number of likely N-dealkylation sites (tertiary alicyclic amines) is 2. The average Bonchev–Trinajstić information content (AvgIpc) is 3.42. The predicted octanol–water partition coefficient (Wildman–Crippen LogP) is 3.88. The van der Waals surface area contributed by atoms with Gasteiger partial charge in [0.2, 0.25) is 11.8 Å². The van der Waals surface area contributed by atoms with E-state index in [1.54, 1.807) is 11.0 Å². The molecule has 0 aromatic heterocycles. The van der Waals surface area contributed by atoms with Crippen LogP contribution in [0.25, 0.3) is 6.08 Å². The Bertz CT molecular complexity index is 1020. The van der Waals surface area contributed by atoms with Crippen molar-refractivity contribution in [2.75, 3.05) is 31.5 Å². The van der Waals surface area contributed by atoms with E-state index in [1.165, 1.54) is 0 Å². The molecule has 0 unspecified atom stereocenters. The van der Waals surface area contributed by atoms with Crippen LogP contribution in [0.15, 0.2) is 60.7 Å². The second-order valence-electron chi connectivity index (χ2n) is 8.89. The van der Waals surface area contributed by atoms with Gasteiger partial charge in [0.15, 0.2) is 0 Å². The molecule has 0 atom stereocenters. The second kappa shape index (κ2) is 11.5. The van der Waals surface area contributed by atoms with E-state index in [9.17, 15) is 14.4 Å². The fourth-order valence-electron chi connectivity index (χ4n) is 4.41. The number of nitrogens with one attached hydrogen (secondary N) is 2. The molecule has 2 fully saturated rings. The Balaban J connectivity index is 1.21. The van der Waals surface area contributed by atoms with Gasteiger partial charge in [-0.2, -0.15) is 0 Å². The molecule has 2 aromatic rings. The normalized spacial score (nSPS) is 16.6. The lowest BCUT2D eigenvalue weighted by Crippen LogP contribution is -2.42. The number of hydrogen-bond donors (Lipinski definition) is 2. The van der Waals surface area contributed by atoms with Gasteiger partial charge in [-0.25, -0.2) is 4.79 Å². The minimum Gasteiger partial charge on any atom is -0.352 e. The molecule has 2 heterocycles. The maximum Gasteiger partial charge on any atom is 0.321 e. The summed E-state index contributed by atoms with van der Waals surface area (Å²) in [7, 11) is 0. The summed E-state index contributed by atoms with van der Waals surface area (Å²) >= 11 is 0. The van der Waals surface area contributed by atoms with Crippen LogP contribution in [0.4, 0.5) is 10.5 Å². The summed E-state index contributed by atoms with van der Waals surface area (Å²) < 4.78 is 0. The largest absolute Gasteiger partial charge is 0.352 e. The van der Waals surface area contributed by atoms with E-state index in [4.69, 9.17) is 0 Å². The monoisotopic (exact) mass is 460 g/mol. The van der Waals surface area contributed by atoms with Crippen molar-refractivity contribution < 1.29 is 14.4 Å². The Morgan fingerprint density at radius 1 is 0.882 bits per heavy atom. The van der Waals surface area contributed by atoms with Gasteiger partial charge in [-0.1, -0.05) is 42.5 Å². The summed E-state index contributed by atoms with van der Waals surface area (Å²) in [5.74, 6) is -0.103. The van der Waals surface area contributed by atoms with Crippen molar-refractivity contribution in [1.82, 2.24) is 15.1 Å². The highest BCUT2D eigenvalue weighted by Gasteiger charge is 2.26. The molecule has 2 N–H and O–H groups in total. The van der Waals surface area contributed by atoms with Crippen LogP contribution in [-0.2, 0) is 16.1 Å². The summed E-state index contributed by atoms with van der Waals surface area (Å²) in [5, 5.41) is 5.96. The van der Waals surface area contributed by atoms with Gasteiger partial charge in [-0.05, 0) is 55.0 Å². The van der Waals surface area contributed by atoms with Gasteiger partial charge in [0.25, 0.3) is 0 Å². The molecule has 7 heteroatoms. The molecule has 2 saturated heterocycles. The third-order valence-corrected chi connectivity index (χ3v) is 6.43. The number of benzene rings is 2. The van der Waals surface area contributed by atoms with E-state index >= 15 is 0 Å². The summed E-state index contributed by atoms with van der Waals surface area (Å²) in [6.07, 6.45) is 6.84.